The average molecular weight is 396 g/mol. The number of halogens is 1. The fourth-order valence-corrected chi connectivity index (χ4v) is 3.38. The minimum absolute atomic E-state index is 0.192. The van der Waals surface area contributed by atoms with Gasteiger partial charge in [-0.3, -0.25) is 9.59 Å². The summed E-state index contributed by atoms with van der Waals surface area (Å²) in [6.45, 7) is 8.83. The van der Waals surface area contributed by atoms with E-state index in [9.17, 15) is 14.7 Å². The van der Waals surface area contributed by atoms with Crippen LogP contribution in [0, 0.1) is 0 Å². The lowest BCUT2D eigenvalue weighted by molar-refractivity contribution is -0.895. The summed E-state index contributed by atoms with van der Waals surface area (Å²) < 4.78 is 0.923. The summed E-state index contributed by atoms with van der Waals surface area (Å²) in [6.07, 6.45) is 0. The van der Waals surface area contributed by atoms with Crippen molar-refractivity contribution in [3.05, 3.63) is 45.6 Å². The number of benzene rings is 1. The number of amides is 1. The maximum atomic E-state index is 12.5. The molecule has 130 valence electrons. The molecule has 0 fully saturated rings. The average Bonchev–Trinajstić information content (AvgIpc) is 2.81. The lowest BCUT2D eigenvalue weighted by atomic mass is 9.97. The van der Waals surface area contributed by atoms with Gasteiger partial charge >= 0.3 is 0 Å². The maximum absolute atomic E-state index is 12.5. The molecule has 0 unspecified atom stereocenters. The van der Waals surface area contributed by atoms with E-state index in [4.69, 9.17) is 0 Å². The summed E-state index contributed by atoms with van der Waals surface area (Å²) in [5, 5.41) is 10.2. The number of aliphatic hydroxyl groups excluding tert-OH is 1. The van der Waals surface area contributed by atoms with E-state index in [0.29, 0.717) is 6.54 Å². The molecule has 0 bridgehead atoms. The second-order valence-corrected chi connectivity index (χ2v) is 6.89. The smallest absolute Gasteiger partial charge is 0.290 e. The quantitative estimate of drug-likeness (QED) is 0.737. The van der Waals surface area contributed by atoms with Gasteiger partial charge in [-0.25, -0.2) is 0 Å². The van der Waals surface area contributed by atoms with Crippen molar-refractivity contribution in [3.63, 3.8) is 0 Å². The van der Waals surface area contributed by atoms with Gasteiger partial charge in [-0.15, -0.1) is 0 Å². The monoisotopic (exact) mass is 395 g/mol. The number of quaternary nitrogens is 1. The van der Waals surface area contributed by atoms with Crippen LogP contribution in [0.4, 0.5) is 0 Å². The standard InChI is InChI=1S/C18H23BrN2O3/c1-4-20(5-2)10-11-21-16(13-6-8-14(19)9-7-13)15(12(3)22)17(23)18(21)24/h6-9,16,23H,4-5,10-11H2,1-3H3/p+1/t16-/m1/s1. The Morgan fingerprint density at radius 2 is 1.83 bits per heavy atom. The molecule has 0 aliphatic carbocycles. The Hall–Kier alpha value is -1.66. The molecule has 2 rings (SSSR count). The van der Waals surface area contributed by atoms with Crippen LogP contribution in [-0.2, 0) is 9.59 Å². The number of carbonyl (C=O) groups excluding carboxylic acids is 2. The molecule has 1 aliphatic heterocycles. The third kappa shape index (κ3) is 3.70. The molecule has 1 amide bonds. The van der Waals surface area contributed by atoms with Crippen molar-refractivity contribution in [1.29, 1.82) is 0 Å². The van der Waals surface area contributed by atoms with Crippen LogP contribution in [0.3, 0.4) is 0 Å². The molecule has 5 nitrogen and oxygen atoms in total. The topological polar surface area (TPSA) is 62.1 Å². The molecule has 1 heterocycles. The van der Waals surface area contributed by atoms with Crippen LogP contribution in [0.15, 0.2) is 40.1 Å². The van der Waals surface area contributed by atoms with E-state index in [-0.39, 0.29) is 11.4 Å². The zero-order valence-corrected chi connectivity index (χ0v) is 15.9. The van der Waals surface area contributed by atoms with Crippen LogP contribution < -0.4 is 4.90 Å². The highest BCUT2D eigenvalue weighted by molar-refractivity contribution is 9.10. The Morgan fingerprint density at radius 1 is 1.25 bits per heavy atom. The zero-order chi connectivity index (χ0) is 17.9. The fraction of sp³-hybridized carbons (Fsp3) is 0.444. The fourth-order valence-electron chi connectivity index (χ4n) is 3.12. The van der Waals surface area contributed by atoms with Crippen molar-refractivity contribution in [2.45, 2.75) is 26.8 Å². The summed E-state index contributed by atoms with van der Waals surface area (Å²) in [5.74, 6) is -1.14. The predicted octanol–water partition coefficient (Wildman–Crippen LogP) is 1.66. The van der Waals surface area contributed by atoms with Gasteiger partial charge in [0.15, 0.2) is 11.5 Å². The molecule has 24 heavy (non-hydrogen) atoms. The third-order valence-electron chi connectivity index (χ3n) is 4.57. The molecule has 0 saturated carbocycles. The molecule has 2 N–H and O–H groups in total. The van der Waals surface area contributed by atoms with Crippen molar-refractivity contribution in [1.82, 2.24) is 4.90 Å². The lowest BCUT2D eigenvalue weighted by Crippen LogP contribution is -3.12. The van der Waals surface area contributed by atoms with Crippen LogP contribution in [-0.4, -0.2) is 47.9 Å². The van der Waals surface area contributed by atoms with Crippen LogP contribution in [0.5, 0.6) is 0 Å². The molecule has 1 aromatic carbocycles. The first-order valence-electron chi connectivity index (χ1n) is 8.24. The largest absolute Gasteiger partial charge is 0.503 e. The number of Topliss-reactive ketones (excluding diaryl/α,β-unsaturated/α-hetero) is 1. The highest BCUT2D eigenvalue weighted by Crippen LogP contribution is 2.37. The summed E-state index contributed by atoms with van der Waals surface area (Å²) in [5.41, 5.74) is 1.02. The number of nitrogens with one attached hydrogen (secondary N) is 1. The number of carbonyl (C=O) groups is 2. The number of hydrogen-bond donors (Lipinski definition) is 2. The van der Waals surface area contributed by atoms with Crippen molar-refractivity contribution in [2.24, 2.45) is 0 Å². The van der Waals surface area contributed by atoms with Gasteiger partial charge in [-0.2, -0.15) is 0 Å². The Labute approximate surface area is 151 Å². The Bertz CT molecular complexity index is 651. The Morgan fingerprint density at radius 3 is 2.33 bits per heavy atom. The molecule has 6 heteroatoms. The van der Waals surface area contributed by atoms with Gasteiger partial charge in [0.2, 0.25) is 0 Å². The molecule has 0 saturated heterocycles. The van der Waals surface area contributed by atoms with Gasteiger partial charge < -0.3 is 14.9 Å². The van der Waals surface area contributed by atoms with Crippen molar-refractivity contribution in [3.8, 4) is 0 Å². The van der Waals surface area contributed by atoms with Gasteiger partial charge in [0, 0.05) is 4.47 Å². The summed E-state index contributed by atoms with van der Waals surface area (Å²) in [4.78, 5) is 27.5. The van der Waals surface area contributed by atoms with Gasteiger partial charge in [0.25, 0.3) is 5.91 Å². The van der Waals surface area contributed by atoms with E-state index in [0.717, 1.165) is 29.7 Å². The predicted molar refractivity (Wildman–Crippen MR) is 95.8 cm³/mol. The van der Waals surface area contributed by atoms with Crippen molar-refractivity contribution in [2.75, 3.05) is 26.2 Å². The molecule has 0 radical (unpaired) electrons. The Kier molecular flexibility index (Phi) is 6.18. The molecule has 1 aliphatic rings. The number of ketones is 1. The summed E-state index contributed by atoms with van der Waals surface area (Å²) in [7, 11) is 0. The van der Waals surface area contributed by atoms with Crippen LogP contribution in [0.1, 0.15) is 32.4 Å². The van der Waals surface area contributed by atoms with Crippen LogP contribution in [0.2, 0.25) is 0 Å². The molecule has 0 aromatic heterocycles. The van der Waals surface area contributed by atoms with Gasteiger partial charge in [-0.1, -0.05) is 28.1 Å². The normalized spacial score (nSPS) is 18.0. The van der Waals surface area contributed by atoms with Crippen LogP contribution >= 0.6 is 15.9 Å². The second-order valence-electron chi connectivity index (χ2n) is 5.98. The van der Waals surface area contributed by atoms with E-state index in [1.807, 2.05) is 24.3 Å². The van der Waals surface area contributed by atoms with E-state index in [1.165, 1.54) is 11.8 Å². The number of rotatable bonds is 7. The first kappa shape index (κ1) is 18.7. The number of aliphatic hydroxyl groups is 1. The lowest BCUT2D eigenvalue weighted by Gasteiger charge is -2.28. The van der Waals surface area contributed by atoms with Gasteiger partial charge in [-0.05, 0) is 38.5 Å². The van der Waals surface area contributed by atoms with Crippen molar-refractivity contribution >= 4 is 27.6 Å². The van der Waals surface area contributed by atoms with Gasteiger partial charge in [0.05, 0.1) is 37.8 Å². The number of likely N-dealkylation sites (N-methyl/N-ethyl adjacent to an activating group) is 1. The van der Waals surface area contributed by atoms with E-state index >= 15 is 0 Å². The molecule has 0 spiro atoms. The zero-order valence-electron chi connectivity index (χ0n) is 14.3. The third-order valence-corrected chi connectivity index (χ3v) is 5.10. The van der Waals surface area contributed by atoms with E-state index < -0.39 is 17.7 Å². The summed E-state index contributed by atoms with van der Waals surface area (Å²) >= 11 is 3.39. The van der Waals surface area contributed by atoms with E-state index in [1.54, 1.807) is 4.90 Å². The molecular weight excluding hydrogens is 372 g/mol. The highest BCUT2D eigenvalue weighted by atomic mass is 79.9. The maximum Gasteiger partial charge on any atom is 0.290 e. The number of hydrogen-bond acceptors (Lipinski definition) is 3. The molecular formula is C18H24BrN2O3+. The minimum atomic E-state index is -0.516. The van der Waals surface area contributed by atoms with Gasteiger partial charge in [0.1, 0.15) is 0 Å². The highest BCUT2D eigenvalue weighted by Gasteiger charge is 2.42. The van der Waals surface area contributed by atoms with Crippen molar-refractivity contribution < 1.29 is 19.6 Å². The van der Waals surface area contributed by atoms with E-state index in [2.05, 4.69) is 29.8 Å². The Balaban J connectivity index is 2.36. The summed E-state index contributed by atoms with van der Waals surface area (Å²) in [6, 6.07) is 6.99. The molecule has 1 aromatic rings. The minimum Gasteiger partial charge on any atom is -0.503 e. The molecule has 1 atom stereocenters. The SMILES string of the molecule is CC[NH+](CC)CCN1C(=O)C(O)=C(C(C)=O)[C@H]1c1ccc(Br)cc1. The first-order valence-corrected chi connectivity index (χ1v) is 9.04. The second kappa shape index (κ2) is 7.94. The van der Waals surface area contributed by atoms with Crippen LogP contribution in [0.25, 0.3) is 0 Å². The number of nitrogens with zero attached hydrogens (tertiary/aromatic N) is 1. The first-order chi connectivity index (χ1) is 11.4.